The average Bonchev–Trinajstić information content (AvgIpc) is 2.39. The summed E-state index contributed by atoms with van der Waals surface area (Å²) >= 11 is 5.89. The Labute approximate surface area is 119 Å². The third-order valence-corrected chi connectivity index (χ3v) is 3.67. The normalized spacial score (nSPS) is 16.6. The first kappa shape index (κ1) is 14.3. The topological polar surface area (TPSA) is 44.4 Å². The van der Waals surface area contributed by atoms with Crippen LogP contribution in [0.4, 0.5) is 5.69 Å². The van der Waals surface area contributed by atoms with E-state index in [1.807, 2.05) is 19.2 Å². The predicted octanol–water partition coefficient (Wildman–Crippen LogP) is 1.96. The zero-order valence-electron chi connectivity index (χ0n) is 11.2. The molecule has 1 aromatic rings. The van der Waals surface area contributed by atoms with E-state index in [2.05, 4.69) is 15.5 Å². The number of likely N-dealkylation sites (N-methyl/N-ethyl adjacent to an activating group) is 1. The summed E-state index contributed by atoms with van der Waals surface area (Å²) in [5, 5.41) is 6.83. The molecule has 1 aliphatic heterocycles. The van der Waals surface area contributed by atoms with Crippen LogP contribution in [0.15, 0.2) is 24.3 Å². The largest absolute Gasteiger partial charge is 0.325 e. The second-order valence-electron chi connectivity index (χ2n) is 4.95. The van der Waals surface area contributed by atoms with Crippen LogP contribution in [0.25, 0.3) is 0 Å². The Bertz CT molecular complexity index is 432. The molecule has 0 aromatic heterocycles. The van der Waals surface area contributed by atoms with Crippen LogP contribution in [0, 0.1) is 0 Å². The maximum atomic E-state index is 12.0. The summed E-state index contributed by atoms with van der Waals surface area (Å²) in [6.45, 7) is 2.48. The fraction of sp³-hybridized carbons (Fsp3) is 0.500. The zero-order valence-corrected chi connectivity index (χ0v) is 11.9. The van der Waals surface area contributed by atoms with Crippen LogP contribution >= 0.6 is 11.6 Å². The van der Waals surface area contributed by atoms with Crippen LogP contribution in [0.5, 0.6) is 0 Å². The second kappa shape index (κ2) is 6.89. The van der Waals surface area contributed by atoms with E-state index < -0.39 is 0 Å². The molecule has 1 amide bonds. The van der Waals surface area contributed by atoms with Gasteiger partial charge in [0.25, 0.3) is 0 Å². The van der Waals surface area contributed by atoms with Crippen molar-refractivity contribution in [3.63, 3.8) is 0 Å². The molecule has 4 nitrogen and oxygen atoms in total. The summed E-state index contributed by atoms with van der Waals surface area (Å²) in [5.41, 5.74) is 0.746. The lowest BCUT2D eigenvalue weighted by Gasteiger charge is -2.31. The number of anilines is 1. The maximum absolute atomic E-state index is 12.0. The number of hydrogen-bond donors (Lipinski definition) is 2. The zero-order chi connectivity index (χ0) is 13.7. The fourth-order valence-electron chi connectivity index (χ4n) is 2.37. The molecular weight excluding hydrogens is 262 g/mol. The van der Waals surface area contributed by atoms with Gasteiger partial charge in [-0.1, -0.05) is 17.7 Å². The summed E-state index contributed by atoms with van der Waals surface area (Å²) in [5.74, 6) is 0.00305. The molecule has 0 bridgehead atoms. The van der Waals surface area contributed by atoms with Gasteiger partial charge in [0.05, 0.1) is 6.54 Å². The summed E-state index contributed by atoms with van der Waals surface area (Å²) in [7, 11) is 2.01. The number of nitrogens with one attached hydrogen (secondary N) is 2. The van der Waals surface area contributed by atoms with Crippen molar-refractivity contribution in [3.8, 4) is 0 Å². The molecular formula is C14H20ClN3O. The number of rotatable bonds is 4. The minimum Gasteiger partial charge on any atom is -0.325 e. The van der Waals surface area contributed by atoms with Crippen LogP contribution in [0.3, 0.4) is 0 Å². The van der Waals surface area contributed by atoms with E-state index in [0.29, 0.717) is 17.6 Å². The van der Waals surface area contributed by atoms with E-state index >= 15 is 0 Å². The molecule has 1 fully saturated rings. The summed E-state index contributed by atoms with van der Waals surface area (Å²) < 4.78 is 0. The lowest BCUT2D eigenvalue weighted by atomic mass is 10.1. The van der Waals surface area contributed by atoms with Gasteiger partial charge in [-0.25, -0.2) is 0 Å². The van der Waals surface area contributed by atoms with Crippen molar-refractivity contribution >= 4 is 23.2 Å². The number of carbonyl (C=O) groups excluding carboxylic acids is 1. The molecule has 0 saturated carbocycles. The Hall–Kier alpha value is -1.10. The van der Waals surface area contributed by atoms with Gasteiger partial charge in [0.1, 0.15) is 0 Å². The summed E-state index contributed by atoms with van der Waals surface area (Å²) in [6, 6.07) is 7.71. The molecule has 19 heavy (non-hydrogen) atoms. The Balaban J connectivity index is 1.83. The molecule has 1 heterocycles. The summed E-state index contributed by atoms with van der Waals surface area (Å²) in [6.07, 6.45) is 2.20. The smallest absolute Gasteiger partial charge is 0.238 e. The second-order valence-corrected chi connectivity index (χ2v) is 5.39. The van der Waals surface area contributed by atoms with Crippen LogP contribution in [-0.2, 0) is 4.79 Å². The molecule has 0 atom stereocenters. The van der Waals surface area contributed by atoms with Gasteiger partial charge < -0.3 is 10.6 Å². The molecule has 1 saturated heterocycles. The van der Waals surface area contributed by atoms with Crippen LogP contribution in [-0.4, -0.2) is 43.5 Å². The number of amides is 1. The molecule has 1 aliphatic rings. The minimum absolute atomic E-state index is 0.00305. The Morgan fingerprint density at radius 1 is 1.47 bits per heavy atom. The van der Waals surface area contributed by atoms with Gasteiger partial charge in [-0.15, -0.1) is 0 Å². The van der Waals surface area contributed by atoms with Crippen LogP contribution in [0.1, 0.15) is 12.8 Å². The SMILES string of the molecule is CN(CC(=O)Nc1cccc(Cl)c1)C1CCNCC1. The summed E-state index contributed by atoms with van der Waals surface area (Å²) in [4.78, 5) is 14.1. The van der Waals surface area contributed by atoms with Gasteiger partial charge in [-0.2, -0.15) is 0 Å². The van der Waals surface area contributed by atoms with E-state index in [4.69, 9.17) is 11.6 Å². The molecule has 2 rings (SSSR count). The quantitative estimate of drug-likeness (QED) is 0.887. The third-order valence-electron chi connectivity index (χ3n) is 3.43. The van der Waals surface area contributed by atoms with Crippen molar-refractivity contribution in [3.05, 3.63) is 29.3 Å². The van der Waals surface area contributed by atoms with Crippen molar-refractivity contribution < 1.29 is 4.79 Å². The Morgan fingerprint density at radius 2 is 2.21 bits per heavy atom. The molecule has 1 aromatic carbocycles. The van der Waals surface area contributed by atoms with Gasteiger partial charge in [0, 0.05) is 16.8 Å². The van der Waals surface area contributed by atoms with E-state index in [9.17, 15) is 4.79 Å². The molecule has 2 N–H and O–H groups in total. The number of nitrogens with zero attached hydrogens (tertiary/aromatic N) is 1. The van der Waals surface area contributed by atoms with Crippen molar-refractivity contribution in [1.29, 1.82) is 0 Å². The van der Waals surface area contributed by atoms with Crippen molar-refractivity contribution in [2.45, 2.75) is 18.9 Å². The van der Waals surface area contributed by atoms with Crippen molar-refractivity contribution in [2.24, 2.45) is 0 Å². The highest BCUT2D eigenvalue weighted by Gasteiger charge is 2.19. The highest BCUT2D eigenvalue weighted by molar-refractivity contribution is 6.30. The van der Waals surface area contributed by atoms with Crippen molar-refractivity contribution in [1.82, 2.24) is 10.2 Å². The maximum Gasteiger partial charge on any atom is 0.238 e. The first-order valence-corrected chi connectivity index (χ1v) is 6.99. The number of halogens is 1. The van der Waals surface area contributed by atoms with Crippen LogP contribution in [0.2, 0.25) is 5.02 Å². The molecule has 0 aliphatic carbocycles. The van der Waals surface area contributed by atoms with Gasteiger partial charge >= 0.3 is 0 Å². The third kappa shape index (κ3) is 4.49. The molecule has 0 radical (unpaired) electrons. The molecule has 0 spiro atoms. The monoisotopic (exact) mass is 281 g/mol. The van der Waals surface area contributed by atoms with E-state index in [1.165, 1.54) is 0 Å². The number of carbonyl (C=O) groups is 1. The van der Waals surface area contributed by atoms with E-state index in [0.717, 1.165) is 31.6 Å². The van der Waals surface area contributed by atoms with Gasteiger partial charge in [-0.3, -0.25) is 9.69 Å². The standard InChI is InChI=1S/C14H20ClN3O/c1-18(13-5-7-16-8-6-13)10-14(19)17-12-4-2-3-11(15)9-12/h2-4,9,13,16H,5-8,10H2,1H3,(H,17,19). The predicted molar refractivity (Wildman–Crippen MR) is 78.6 cm³/mol. The average molecular weight is 282 g/mol. The van der Waals surface area contributed by atoms with E-state index in [-0.39, 0.29) is 5.91 Å². The van der Waals surface area contributed by atoms with Gasteiger partial charge in [0.15, 0.2) is 0 Å². The fourth-order valence-corrected chi connectivity index (χ4v) is 2.56. The van der Waals surface area contributed by atoms with Gasteiger partial charge in [0.2, 0.25) is 5.91 Å². The number of hydrogen-bond acceptors (Lipinski definition) is 3. The highest BCUT2D eigenvalue weighted by Crippen LogP contribution is 2.15. The number of benzene rings is 1. The molecule has 0 unspecified atom stereocenters. The molecule has 5 heteroatoms. The Kier molecular flexibility index (Phi) is 5.19. The molecule has 104 valence electrons. The first-order chi connectivity index (χ1) is 9.15. The lowest BCUT2D eigenvalue weighted by molar-refractivity contribution is -0.117. The van der Waals surface area contributed by atoms with Crippen molar-refractivity contribution in [2.75, 3.05) is 32.0 Å². The lowest BCUT2D eigenvalue weighted by Crippen LogP contribution is -2.44. The number of piperidine rings is 1. The van der Waals surface area contributed by atoms with E-state index in [1.54, 1.807) is 12.1 Å². The van der Waals surface area contributed by atoms with Gasteiger partial charge in [-0.05, 0) is 51.2 Å². The highest BCUT2D eigenvalue weighted by atomic mass is 35.5. The Morgan fingerprint density at radius 3 is 2.89 bits per heavy atom. The minimum atomic E-state index is 0.00305. The van der Waals surface area contributed by atoms with Crippen LogP contribution < -0.4 is 10.6 Å². The first-order valence-electron chi connectivity index (χ1n) is 6.61.